The molecule has 1 saturated heterocycles. The minimum Gasteiger partial charge on any atom is -0.327 e. The third kappa shape index (κ3) is 3.56. The summed E-state index contributed by atoms with van der Waals surface area (Å²) in [5.74, 6) is 0.604. The van der Waals surface area contributed by atoms with Crippen LogP contribution >= 0.6 is 0 Å². The largest absolute Gasteiger partial charge is 0.327 e. The summed E-state index contributed by atoms with van der Waals surface area (Å²) in [5.41, 5.74) is 2.13. The van der Waals surface area contributed by atoms with E-state index in [9.17, 15) is 4.79 Å². The first-order chi connectivity index (χ1) is 11.5. The van der Waals surface area contributed by atoms with Gasteiger partial charge in [-0.1, -0.05) is 0 Å². The second-order valence-corrected chi connectivity index (χ2v) is 6.34. The average Bonchev–Trinajstić information content (AvgIpc) is 3.04. The lowest BCUT2D eigenvalue weighted by atomic mass is 10.2. The van der Waals surface area contributed by atoms with Crippen molar-refractivity contribution in [2.45, 2.75) is 32.4 Å². The smallest absolute Gasteiger partial charge is 0.274 e. The van der Waals surface area contributed by atoms with Crippen molar-refractivity contribution in [3.63, 3.8) is 0 Å². The lowest BCUT2D eigenvalue weighted by molar-refractivity contribution is 0.0723. The number of amides is 1. The number of likely N-dealkylation sites (tertiary alicyclic amines) is 1. The molecule has 0 unspecified atom stereocenters. The number of aryl methyl sites for hydroxylation is 1. The normalized spacial score (nSPS) is 17.5. The highest BCUT2D eigenvalue weighted by molar-refractivity contribution is 5.92. The van der Waals surface area contributed by atoms with E-state index in [2.05, 4.69) is 24.8 Å². The highest BCUT2D eigenvalue weighted by atomic mass is 16.2. The molecule has 1 amide bonds. The summed E-state index contributed by atoms with van der Waals surface area (Å²) in [5, 5.41) is 0. The van der Waals surface area contributed by atoms with Gasteiger partial charge in [0, 0.05) is 25.5 Å². The van der Waals surface area contributed by atoms with Gasteiger partial charge in [-0.3, -0.25) is 9.78 Å². The van der Waals surface area contributed by atoms with Gasteiger partial charge >= 0.3 is 0 Å². The van der Waals surface area contributed by atoms with Crippen LogP contribution in [0.15, 0.2) is 24.7 Å². The topological polar surface area (TPSA) is 75.1 Å². The number of hydrogen-bond donors (Lipinski definition) is 0. The summed E-state index contributed by atoms with van der Waals surface area (Å²) in [7, 11) is 4.01. The van der Waals surface area contributed by atoms with Gasteiger partial charge in [0.2, 0.25) is 0 Å². The summed E-state index contributed by atoms with van der Waals surface area (Å²) < 4.78 is 0. The van der Waals surface area contributed by atoms with Crippen LogP contribution in [0.4, 0.5) is 0 Å². The van der Waals surface area contributed by atoms with Gasteiger partial charge in [0.15, 0.2) is 5.82 Å². The van der Waals surface area contributed by atoms with Crippen molar-refractivity contribution >= 4 is 5.91 Å². The SMILES string of the molecule is Cc1cnc(C(=O)N2CCC[C@H]2c2nccc(CN(C)C)n2)cn1. The van der Waals surface area contributed by atoms with Gasteiger partial charge in [0.25, 0.3) is 5.91 Å². The molecule has 0 N–H and O–H groups in total. The van der Waals surface area contributed by atoms with Gasteiger partial charge in [-0.2, -0.15) is 0 Å². The van der Waals surface area contributed by atoms with Crippen molar-refractivity contribution in [3.05, 3.63) is 47.6 Å². The van der Waals surface area contributed by atoms with Crippen molar-refractivity contribution in [2.24, 2.45) is 0 Å². The Balaban J connectivity index is 1.82. The molecule has 3 rings (SSSR count). The Hall–Kier alpha value is -2.41. The van der Waals surface area contributed by atoms with E-state index in [1.807, 2.05) is 32.0 Å². The molecule has 1 aliphatic rings. The quantitative estimate of drug-likeness (QED) is 0.850. The Bertz CT molecular complexity index is 715. The lowest BCUT2D eigenvalue weighted by Gasteiger charge is -2.23. The molecule has 0 radical (unpaired) electrons. The highest BCUT2D eigenvalue weighted by Gasteiger charge is 2.33. The van der Waals surface area contributed by atoms with Gasteiger partial charge in [0.05, 0.1) is 23.6 Å². The number of carbonyl (C=O) groups excluding carboxylic acids is 1. The third-order valence-electron chi connectivity index (χ3n) is 4.02. The van der Waals surface area contributed by atoms with E-state index in [1.165, 1.54) is 6.20 Å². The minimum atomic E-state index is -0.105. The van der Waals surface area contributed by atoms with E-state index in [0.29, 0.717) is 18.1 Å². The number of hydrogen-bond acceptors (Lipinski definition) is 6. The van der Waals surface area contributed by atoms with E-state index < -0.39 is 0 Å². The fraction of sp³-hybridized carbons (Fsp3) is 0.471. The number of nitrogens with zero attached hydrogens (tertiary/aromatic N) is 6. The zero-order chi connectivity index (χ0) is 17.1. The van der Waals surface area contributed by atoms with Crippen molar-refractivity contribution in [2.75, 3.05) is 20.6 Å². The predicted octanol–water partition coefficient (Wildman–Crippen LogP) is 1.61. The molecule has 0 saturated carbocycles. The minimum absolute atomic E-state index is 0.0947. The molecule has 2 aromatic rings. The average molecular weight is 326 g/mol. The first kappa shape index (κ1) is 16.4. The molecule has 0 aliphatic carbocycles. The van der Waals surface area contributed by atoms with Gasteiger partial charge in [-0.05, 0) is 39.9 Å². The summed E-state index contributed by atoms with van der Waals surface area (Å²) in [6, 6.07) is 1.82. The van der Waals surface area contributed by atoms with Crippen molar-refractivity contribution in [1.82, 2.24) is 29.7 Å². The van der Waals surface area contributed by atoms with Crippen LogP contribution in [0.3, 0.4) is 0 Å². The van der Waals surface area contributed by atoms with Crippen LogP contribution in [0.25, 0.3) is 0 Å². The van der Waals surface area contributed by atoms with Crippen LogP contribution in [0.1, 0.15) is 46.6 Å². The van der Waals surface area contributed by atoms with Crippen LogP contribution in [0.2, 0.25) is 0 Å². The number of aromatic nitrogens is 4. The Labute approximate surface area is 141 Å². The van der Waals surface area contributed by atoms with Crippen molar-refractivity contribution in [1.29, 1.82) is 0 Å². The standard InChI is InChI=1S/C17H22N6O/c1-12-9-20-14(10-19-12)17(24)23-8-4-5-15(23)16-18-7-6-13(21-16)11-22(2)3/h6-7,9-10,15H,4-5,8,11H2,1-3H3/t15-/m0/s1. The maximum absolute atomic E-state index is 12.8. The number of carbonyl (C=O) groups is 1. The molecule has 1 fully saturated rings. The summed E-state index contributed by atoms with van der Waals surface area (Å²) in [6.07, 6.45) is 6.74. The zero-order valence-electron chi connectivity index (χ0n) is 14.3. The molecule has 7 nitrogen and oxygen atoms in total. The van der Waals surface area contributed by atoms with Crippen LogP contribution in [0, 0.1) is 6.92 Å². The van der Waals surface area contributed by atoms with Crippen LogP contribution in [0.5, 0.6) is 0 Å². The van der Waals surface area contributed by atoms with Gasteiger partial charge in [0.1, 0.15) is 5.69 Å². The van der Waals surface area contributed by atoms with Crippen molar-refractivity contribution < 1.29 is 4.79 Å². The van der Waals surface area contributed by atoms with Crippen LogP contribution in [-0.2, 0) is 6.54 Å². The molecule has 24 heavy (non-hydrogen) atoms. The summed E-state index contributed by atoms with van der Waals surface area (Å²) >= 11 is 0. The second-order valence-electron chi connectivity index (χ2n) is 6.34. The highest BCUT2D eigenvalue weighted by Crippen LogP contribution is 2.30. The Kier molecular flexibility index (Phi) is 4.80. The molecule has 0 bridgehead atoms. The zero-order valence-corrected chi connectivity index (χ0v) is 14.3. The monoisotopic (exact) mass is 326 g/mol. The van der Waals surface area contributed by atoms with E-state index in [0.717, 1.165) is 30.8 Å². The molecule has 1 atom stereocenters. The maximum atomic E-state index is 12.8. The van der Waals surface area contributed by atoms with Gasteiger partial charge in [-0.25, -0.2) is 15.0 Å². The molecule has 2 aromatic heterocycles. The molecule has 3 heterocycles. The van der Waals surface area contributed by atoms with E-state index in [1.54, 1.807) is 12.4 Å². The molecule has 0 aromatic carbocycles. The fourth-order valence-corrected chi connectivity index (χ4v) is 2.91. The van der Waals surface area contributed by atoms with Crippen LogP contribution < -0.4 is 0 Å². The molecule has 7 heteroatoms. The van der Waals surface area contributed by atoms with E-state index >= 15 is 0 Å². The molecule has 126 valence electrons. The first-order valence-corrected chi connectivity index (χ1v) is 8.11. The Morgan fingerprint density at radius 1 is 1.29 bits per heavy atom. The Morgan fingerprint density at radius 3 is 2.83 bits per heavy atom. The van der Waals surface area contributed by atoms with E-state index in [4.69, 9.17) is 0 Å². The molecule has 1 aliphatic heterocycles. The lowest BCUT2D eigenvalue weighted by Crippen LogP contribution is -2.32. The first-order valence-electron chi connectivity index (χ1n) is 8.11. The maximum Gasteiger partial charge on any atom is 0.274 e. The second kappa shape index (κ2) is 7.00. The van der Waals surface area contributed by atoms with Crippen LogP contribution in [-0.4, -0.2) is 56.3 Å². The summed E-state index contributed by atoms with van der Waals surface area (Å²) in [4.78, 5) is 34.1. The number of rotatable bonds is 4. The van der Waals surface area contributed by atoms with Crippen molar-refractivity contribution in [3.8, 4) is 0 Å². The predicted molar refractivity (Wildman–Crippen MR) is 89.2 cm³/mol. The third-order valence-corrected chi connectivity index (χ3v) is 4.02. The molecular formula is C17H22N6O. The van der Waals surface area contributed by atoms with Gasteiger partial charge in [-0.15, -0.1) is 0 Å². The Morgan fingerprint density at radius 2 is 2.12 bits per heavy atom. The summed E-state index contributed by atoms with van der Waals surface area (Å²) in [6.45, 7) is 3.30. The fourth-order valence-electron chi connectivity index (χ4n) is 2.91. The van der Waals surface area contributed by atoms with E-state index in [-0.39, 0.29) is 11.9 Å². The molecule has 0 spiro atoms. The molecular weight excluding hydrogens is 304 g/mol. The van der Waals surface area contributed by atoms with Gasteiger partial charge < -0.3 is 9.80 Å².